The predicted molar refractivity (Wildman–Crippen MR) is 66.3 cm³/mol. The highest BCUT2D eigenvalue weighted by atomic mass is 16.3. The van der Waals surface area contributed by atoms with Crippen LogP contribution in [-0.4, -0.2) is 17.8 Å². The molecule has 1 aliphatic rings. The summed E-state index contributed by atoms with van der Waals surface area (Å²) in [7, 11) is 0. The molecule has 0 aromatic heterocycles. The van der Waals surface area contributed by atoms with Crippen LogP contribution in [0.15, 0.2) is 24.3 Å². The first-order valence-corrected chi connectivity index (χ1v) is 6.15. The van der Waals surface area contributed by atoms with Crippen LogP contribution < -0.4 is 5.73 Å². The summed E-state index contributed by atoms with van der Waals surface area (Å²) in [6.45, 7) is 2.37. The average Bonchev–Trinajstić information content (AvgIpc) is 2.67. The second-order valence-electron chi connectivity index (χ2n) is 4.97. The van der Waals surface area contributed by atoms with Crippen LogP contribution >= 0.6 is 0 Å². The molecule has 0 heterocycles. The van der Waals surface area contributed by atoms with E-state index in [4.69, 9.17) is 5.73 Å². The average molecular weight is 219 g/mol. The number of nitrogens with two attached hydrogens (primary N) is 1. The zero-order valence-corrected chi connectivity index (χ0v) is 9.95. The molecule has 3 N–H and O–H groups in total. The quantitative estimate of drug-likeness (QED) is 0.812. The summed E-state index contributed by atoms with van der Waals surface area (Å²) in [5.74, 6) is 0. The van der Waals surface area contributed by atoms with E-state index in [9.17, 15) is 5.11 Å². The van der Waals surface area contributed by atoms with E-state index >= 15 is 0 Å². The Morgan fingerprint density at radius 1 is 1.31 bits per heavy atom. The van der Waals surface area contributed by atoms with Gasteiger partial charge in [-0.05, 0) is 42.2 Å². The van der Waals surface area contributed by atoms with Gasteiger partial charge in [-0.3, -0.25) is 0 Å². The summed E-state index contributed by atoms with van der Waals surface area (Å²) in [4.78, 5) is 0. The number of benzene rings is 1. The lowest BCUT2D eigenvalue weighted by atomic mass is 9.74. The number of hydrogen-bond acceptors (Lipinski definition) is 2. The van der Waals surface area contributed by atoms with Crippen molar-refractivity contribution in [1.82, 2.24) is 0 Å². The van der Waals surface area contributed by atoms with Crippen molar-refractivity contribution >= 4 is 0 Å². The Morgan fingerprint density at radius 3 is 2.31 bits per heavy atom. The summed E-state index contributed by atoms with van der Waals surface area (Å²) in [6.07, 6.45) is 3.85. The smallest absolute Gasteiger partial charge is 0.0437 e. The van der Waals surface area contributed by atoms with Gasteiger partial charge >= 0.3 is 0 Å². The molecule has 0 amide bonds. The number of hydrogen-bond donors (Lipinski definition) is 2. The van der Waals surface area contributed by atoms with Gasteiger partial charge in [-0.2, -0.15) is 0 Å². The summed E-state index contributed by atoms with van der Waals surface area (Å²) in [5.41, 5.74) is 9.19. The Morgan fingerprint density at radius 2 is 1.88 bits per heavy atom. The Hall–Kier alpha value is -0.860. The summed E-state index contributed by atoms with van der Waals surface area (Å²) in [6, 6.07) is 8.75. The molecule has 1 aromatic rings. The molecule has 2 rings (SSSR count). The SMILES string of the molecule is CCC(N)C1(CCO)Cc2ccccc2C1. The first kappa shape index (κ1) is 11.6. The fourth-order valence-corrected chi connectivity index (χ4v) is 3.00. The normalized spacial score (nSPS) is 19.4. The molecule has 0 fully saturated rings. The molecule has 16 heavy (non-hydrogen) atoms. The molecule has 1 unspecified atom stereocenters. The molecule has 1 aliphatic carbocycles. The molecule has 0 aliphatic heterocycles. The minimum Gasteiger partial charge on any atom is -0.396 e. The van der Waals surface area contributed by atoms with Gasteiger partial charge in [-0.1, -0.05) is 31.2 Å². The van der Waals surface area contributed by atoms with Crippen LogP contribution in [0.4, 0.5) is 0 Å². The molecule has 2 heteroatoms. The van der Waals surface area contributed by atoms with Crippen molar-refractivity contribution in [3.63, 3.8) is 0 Å². The van der Waals surface area contributed by atoms with E-state index in [1.165, 1.54) is 11.1 Å². The predicted octanol–water partition coefficient (Wildman–Crippen LogP) is 1.89. The summed E-state index contributed by atoms with van der Waals surface area (Å²) in [5, 5.41) is 9.26. The van der Waals surface area contributed by atoms with Crippen LogP contribution in [0.1, 0.15) is 30.9 Å². The van der Waals surface area contributed by atoms with E-state index in [0.717, 1.165) is 25.7 Å². The zero-order valence-electron chi connectivity index (χ0n) is 9.95. The topological polar surface area (TPSA) is 46.2 Å². The zero-order chi connectivity index (χ0) is 11.6. The number of aliphatic hydroxyl groups excluding tert-OH is 1. The summed E-state index contributed by atoms with van der Waals surface area (Å²) >= 11 is 0. The van der Waals surface area contributed by atoms with Gasteiger partial charge < -0.3 is 10.8 Å². The maximum atomic E-state index is 9.26. The minimum absolute atomic E-state index is 0.0905. The highest BCUT2D eigenvalue weighted by molar-refractivity contribution is 5.35. The van der Waals surface area contributed by atoms with Crippen LogP contribution in [0.25, 0.3) is 0 Å². The third-order valence-corrected chi connectivity index (χ3v) is 4.04. The van der Waals surface area contributed by atoms with Crippen LogP contribution in [-0.2, 0) is 12.8 Å². The van der Waals surface area contributed by atoms with E-state index in [1.54, 1.807) is 0 Å². The van der Waals surface area contributed by atoms with E-state index in [1.807, 2.05) is 0 Å². The van der Waals surface area contributed by atoms with E-state index in [0.29, 0.717) is 0 Å². The third kappa shape index (κ3) is 1.87. The van der Waals surface area contributed by atoms with E-state index < -0.39 is 0 Å². The van der Waals surface area contributed by atoms with Gasteiger partial charge in [0.25, 0.3) is 0 Å². The highest BCUT2D eigenvalue weighted by Crippen LogP contribution is 2.42. The van der Waals surface area contributed by atoms with Crippen molar-refractivity contribution in [2.45, 2.75) is 38.6 Å². The molecule has 0 radical (unpaired) electrons. The van der Waals surface area contributed by atoms with Gasteiger partial charge in [0, 0.05) is 12.6 Å². The Kier molecular flexibility index (Phi) is 3.31. The largest absolute Gasteiger partial charge is 0.396 e. The fourth-order valence-electron chi connectivity index (χ4n) is 3.00. The molecular weight excluding hydrogens is 198 g/mol. The molecule has 1 aromatic carbocycles. The molecule has 0 saturated heterocycles. The molecule has 0 saturated carbocycles. The van der Waals surface area contributed by atoms with Gasteiger partial charge in [0.1, 0.15) is 0 Å². The molecular formula is C14H21NO. The second-order valence-corrected chi connectivity index (χ2v) is 4.97. The molecule has 1 atom stereocenters. The molecule has 0 bridgehead atoms. The molecule has 2 nitrogen and oxygen atoms in total. The van der Waals surface area contributed by atoms with Crippen molar-refractivity contribution in [3.05, 3.63) is 35.4 Å². The van der Waals surface area contributed by atoms with Gasteiger partial charge in [-0.15, -0.1) is 0 Å². The Balaban J connectivity index is 2.27. The minimum atomic E-state index is 0.0905. The lowest BCUT2D eigenvalue weighted by Gasteiger charge is -2.34. The lowest BCUT2D eigenvalue weighted by molar-refractivity contribution is 0.154. The highest BCUT2D eigenvalue weighted by Gasteiger charge is 2.40. The standard InChI is InChI=1S/C14H21NO/c1-2-13(15)14(7-8-16)9-11-5-3-4-6-12(11)10-14/h3-6,13,16H,2,7-10,15H2,1H3. The van der Waals surface area contributed by atoms with Crippen LogP contribution in [0.5, 0.6) is 0 Å². The van der Waals surface area contributed by atoms with Gasteiger partial charge in [0.15, 0.2) is 0 Å². The Labute approximate surface area is 97.5 Å². The first-order chi connectivity index (χ1) is 7.72. The third-order valence-electron chi connectivity index (χ3n) is 4.04. The second kappa shape index (κ2) is 4.56. The summed E-state index contributed by atoms with van der Waals surface area (Å²) < 4.78 is 0. The van der Waals surface area contributed by atoms with Gasteiger partial charge in [0.05, 0.1) is 0 Å². The van der Waals surface area contributed by atoms with E-state index in [-0.39, 0.29) is 18.1 Å². The first-order valence-electron chi connectivity index (χ1n) is 6.15. The van der Waals surface area contributed by atoms with Crippen molar-refractivity contribution < 1.29 is 5.11 Å². The van der Waals surface area contributed by atoms with Crippen LogP contribution in [0.2, 0.25) is 0 Å². The number of rotatable bonds is 4. The maximum Gasteiger partial charge on any atom is 0.0437 e. The van der Waals surface area contributed by atoms with Gasteiger partial charge in [-0.25, -0.2) is 0 Å². The van der Waals surface area contributed by atoms with Crippen molar-refractivity contribution in [2.24, 2.45) is 11.1 Å². The monoisotopic (exact) mass is 219 g/mol. The van der Waals surface area contributed by atoms with Crippen molar-refractivity contribution in [3.8, 4) is 0 Å². The number of fused-ring (bicyclic) bond motifs is 1. The maximum absolute atomic E-state index is 9.26. The Bertz CT molecular complexity index is 337. The fraction of sp³-hybridized carbons (Fsp3) is 0.571. The van der Waals surface area contributed by atoms with Crippen LogP contribution in [0, 0.1) is 5.41 Å². The van der Waals surface area contributed by atoms with E-state index in [2.05, 4.69) is 31.2 Å². The van der Waals surface area contributed by atoms with Crippen LogP contribution in [0.3, 0.4) is 0 Å². The lowest BCUT2D eigenvalue weighted by Crippen LogP contribution is -2.42. The van der Waals surface area contributed by atoms with Crippen molar-refractivity contribution in [2.75, 3.05) is 6.61 Å². The van der Waals surface area contributed by atoms with Crippen molar-refractivity contribution in [1.29, 1.82) is 0 Å². The molecule has 0 spiro atoms. The van der Waals surface area contributed by atoms with Gasteiger partial charge in [0.2, 0.25) is 0 Å². The number of aliphatic hydroxyl groups is 1. The molecule has 88 valence electrons.